The Labute approximate surface area is 170 Å². The van der Waals surface area contributed by atoms with Crippen molar-refractivity contribution in [1.82, 2.24) is 20.4 Å². The molecule has 0 spiro atoms. The molecule has 2 aliphatic heterocycles. The van der Waals surface area contributed by atoms with Gasteiger partial charge in [0.15, 0.2) is 5.96 Å². The second-order valence-corrected chi connectivity index (χ2v) is 8.34. The Morgan fingerprint density at radius 1 is 1.18 bits per heavy atom. The predicted octanol–water partition coefficient (Wildman–Crippen LogP) is 1.93. The Kier molecular flexibility index (Phi) is 7.71. The first-order chi connectivity index (χ1) is 13.6. The fourth-order valence-electron chi connectivity index (χ4n) is 4.25. The molecule has 2 aliphatic rings. The first-order valence-electron chi connectivity index (χ1n) is 10.6. The predicted molar refractivity (Wildman–Crippen MR) is 116 cm³/mol. The van der Waals surface area contributed by atoms with E-state index in [2.05, 4.69) is 69.9 Å². The summed E-state index contributed by atoms with van der Waals surface area (Å²) in [6, 6.07) is 11.2. The lowest BCUT2D eigenvalue weighted by atomic mass is 9.88. The van der Waals surface area contributed by atoms with E-state index in [0.717, 1.165) is 71.0 Å². The minimum absolute atomic E-state index is 0.148. The number of benzene rings is 1. The minimum Gasteiger partial charge on any atom is -0.381 e. The zero-order chi connectivity index (χ0) is 19.8. The van der Waals surface area contributed by atoms with E-state index in [1.165, 1.54) is 5.56 Å². The molecule has 1 aromatic rings. The number of ether oxygens (including phenoxy) is 1. The molecule has 0 aromatic heterocycles. The van der Waals surface area contributed by atoms with Gasteiger partial charge in [0.1, 0.15) is 0 Å². The fourth-order valence-corrected chi connectivity index (χ4v) is 4.25. The van der Waals surface area contributed by atoms with Gasteiger partial charge >= 0.3 is 0 Å². The van der Waals surface area contributed by atoms with Crippen LogP contribution in [0.2, 0.25) is 0 Å². The highest BCUT2D eigenvalue weighted by Gasteiger charge is 2.35. The van der Waals surface area contributed by atoms with E-state index in [0.29, 0.717) is 6.04 Å². The molecule has 0 radical (unpaired) electrons. The first kappa shape index (κ1) is 21.1. The van der Waals surface area contributed by atoms with Crippen LogP contribution in [0.15, 0.2) is 35.3 Å². The van der Waals surface area contributed by atoms with Crippen LogP contribution in [0, 0.1) is 0 Å². The molecule has 0 atom stereocenters. The number of nitrogens with zero attached hydrogens (tertiary/aromatic N) is 3. The van der Waals surface area contributed by atoms with Gasteiger partial charge in [-0.15, -0.1) is 0 Å². The van der Waals surface area contributed by atoms with Crippen molar-refractivity contribution in [1.29, 1.82) is 0 Å². The summed E-state index contributed by atoms with van der Waals surface area (Å²) >= 11 is 0. The van der Waals surface area contributed by atoms with E-state index in [1.54, 1.807) is 0 Å². The number of aliphatic imine (C=N–C) groups is 1. The van der Waals surface area contributed by atoms with Gasteiger partial charge in [-0.25, -0.2) is 0 Å². The number of likely N-dealkylation sites (N-methyl/N-ethyl adjacent to an activating group) is 1. The van der Waals surface area contributed by atoms with Crippen molar-refractivity contribution < 1.29 is 4.74 Å². The molecule has 2 fully saturated rings. The fraction of sp³-hybridized carbons (Fsp3) is 0.682. The smallest absolute Gasteiger partial charge is 0.191 e. The summed E-state index contributed by atoms with van der Waals surface area (Å²) in [6.45, 7) is 5.88. The van der Waals surface area contributed by atoms with Crippen LogP contribution >= 0.6 is 0 Å². The summed E-state index contributed by atoms with van der Waals surface area (Å²) in [6.07, 6.45) is 4.42. The van der Waals surface area contributed by atoms with Gasteiger partial charge in [0.25, 0.3) is 0 Å². The topological polar surface area (TPSA) is 52.1 Å². The summed E-state index contributed by atoms with van der Waals surface area (Å²) in [5, 5.41) is 7.24. The molecule has 1 aromatic carbocycles. The van der Waals surface area contributed by atoms with Gasteiger partial charge in [-0.3, -0.25) is 9.89 Å². The number of guanidine groups is 1. The van der Waals surface area contributed by atoms with E-state index < -0.39 is 0 Å². The van der Waals surface area contributed by atoms with Crippen LogP contribution in [0.3, 0.4) is 0 Å². The van der Waals surface area contributed by atoms with Crippen molar-refractivity contribution in [3.63, 3.8) is 0 Å². The van der Waals surface area contributed by atoms with E-state index in [4.69, 9.17) is 4.74 Å². The van der Waals surface area contributed by atoms with Crippen LogP contribution in [-0.2, 0) is 11.3 Å². The van der Waals surface area contributed by atoms with Gasteiger partial charge in [0.2, 0.25) is 0 Å². The average Bonchev–Trinajstić information content (AvgIpc) is 2.73. The number of hydrogen-bond acceptors (Lipinski definition) is 4. The maximum Gasteiger partial charge on any atom is 0.191 e. The SMILES string of the molecule is CN=C(NCC1(N(C)C)CCOCC1)NC1CCN(Cc2ccccc2)CC1. The molecule has 28 heavy (non-hydrogen) atoms. The van der Waals surface area contributed by atoms with Crippen molar-refractivity contribution in [3.8, 4) is 0 Å². The standard InChI is InChI=1S/C22H37N5O/c1-23-21(24-18-22(26(2)3)11-15-28-16-12-22)25-20-9-13-27(14-10-20)17-19-7-5-4-6-8-19/h4-8,20H,9-18H2,1-3H3,(H2,23,24,25). The first-order valence-corrected chi connectivity index (χ1v) is 10.6. The third-order valence-corrected chi connectivity index (χ3v) is 6.36. The van der Waals surface area contributed by atoms with Gasteiger partial charge in [0, 0.05) is 58.0 Å². The van der Waals surface area contributed by atoms with Crippen molar-refractivity contribution in [3.05, 3.63) is 35.9 Å². The number of likely N-dealkylation sites (tertiary alicyclic amines) is 1. The molecule has 0 saturated carbocycles. The molecule has 2 saturated heterocycles. The number of hydrogen-bond donors (Lipinski definition) is 2. The van der Waals surface area contributed by atoms with E-state index in [-0.39, 0.29) is 5.54 Å². The van der Waals surface area contributed by atoms with Gasteiger partial charge in [0.05, 0.1) is 0 Å². The largest absolute Gasteiger partial charge is 0.381 e. The molecule has 0 aliphatic carbocycles. The molecule has 0 unspecified atom stereocenters. The monoisotopic (exact) mass is 387 g/mol. The molecule has 3 rings (SSSR count). The Morgan fingerprint density at radius 2 is 1.86 bits per heavy atom. The van der Waals surface area contributed by atoms with E-state index in [9.17, 15) is 0 Å². The molecule has 0 amide bonds. The summed E-state index contributed by atoms with van der Waals surface area (Å²) in [7, 11) is 6.21. The summed E-state index contributed by atoms with van der Waals surface area (Å²) in [5.74, 6) is 0.925. The lowest BCUT2D eigenvalue weighted by Crippen LogP contribution is -2.58. The second kappa shape index (κ2) is 10.2. The normalized spacial score (nSPS) is 21.6. The van der Waals surface area contributed by atoms with Crippen molar-refractivity contribution in [2.45, 2.75) is 43.8 Å². The minimum atomic E-state index is 0.148. The molecule has 6 heteroatoms. The van der Waals surface area contributed by atoms with Crippen LogP contribution in [0.5, 0.6) is 0 Å². The number of rotatable bonds is 6. The lowest BCUT2D eigenvalue weighted by molar-refractivity contribution is -0.00504. The third-order valence-electron chi connectivity index (χ3n) is 6.36. The highest BCUT2D eigenvalue weighted by Crippen LogP contribution is 2.25. The number of piperidine rings is 1. The van der Waals surface area contributed by atoms with E-state index in [1.807, 2.05) is 7.05 Å². The molecular weight excluding hydrogens is 350 g/mol. The van der Waals surface area contributed by atoms with E-state index >= 15 is 0 Å². The Balaban J connectivity index is 1.44. The molecule has 156 valence electrons. The van der Waals surface area contributed by atoms with Gasteiger partial charge in [-0.2, -0.15) is 0 Å². The maximum absolute atomic E-state index is 5.58. The Bertz CT molecular complexity index is 605. The highest BCUT2D eigenvalue weighted by molar-refractivity contribution is 5.80. The van der Waals surface area contributed by atoms with Gasteiger partial charge < -0.3 is 20.3 Å². The molecule has 2 N–H and O–H groups in total. The van der Waals surface area contributed by atoms with Crippen molar-refractivity contribution >= 4 is 5.96 Å². The summed E-state index contributed by atoms with van der Waals surface area (Å²) in [5.41, 5.74) is 1.55. The summed E-state index contributed by atoms with van der Waals surface area (Å²) in [4.78, 5) is 9.37. The van der Waals surface area contributed by atoms with Crippen molar-refractivity contribution in [2.24, 2.45) is 4.99 Å². The Hall–Kier alpha value is -1.63. The third kappa shape index (κ3) is 5.69. The zero-order valence-corrected chi connectivity index (χ0v) is 17.8. The van der Waals surface area contributed by atoms with Gasteiger partial charge in [-0.05, 0) is 45.3 Å². The molecule has 0 bridgehead atoms. The Morgan fingerprint density at radius 3 is 2.46 bits per heavy atom. The second-order valence-electron chi connectivity index (χ2n) is 8.34. The average molecular weight is 388 g/mol. The molecule has 6 nitrogen and oxygen atoms in total. The maximum atomic E-state index is 5.58. The lowest BCUT2D eigenvalue weighted by Gasteiger charge is -2.43. The molecule has 2 heterocycles. The van der Waals surface area contributed by atoms with Crippen LogP contribution in [0.1, 0.15) is 31.2 Å². The number of nitrogens with one attached hydrogen (secondary N) is 2. The zero-order valence-electron chi connectivity index (χ0n) is 17.8. The highest BCUT2D eigenvalue weighted by atomic mass is 16.5. The van der Waals surface area contributed by atoms with Crippen LogP contribution in [-0.4, -0.2) is 81.3 Å². The van der Waals surface area contributed by atoms with Crippen LogP contribution < -0.4 is 10.6 Å². The van der Waals surface area contributed by atoms with Crippen LogP contribution in [0.4, 0.5) is 0 Å². The summed E-state index contributed by atoms with van der Waals surface area (Å²) < 4.78 is 5.58. The molecular formula is C22H37N5O. The van der Waals surface area contributed by atoms with Gasteiger partial charge in [-0.1, -0.05) is 30.3 Å². The van der Waals surface area contributed by atoms with Crippen molar-refractivity contribution in [2.75, 3.05) is 54.0 Å². The van der Waals surface area contributed by atoms with Crippen LogP contribution in [0.25, 0.3) is 0 Å². The quantitative estimate of drug-likeness (QED) is 0.577.